The van der Waals surface area contributed by atoms with E-state index in [0.717, 1.165) is 11.1 Å². The predicted octanol–water partition coefficient (Wildman–Crippen LogP) is 3.31. The highest BCUT2D eigenvalue weighted by Gasteiger charge is 2.08. The molecule has 2 aromatic rings. The van der Waals surface area contributed by atoms with E-state index < -0.39 is 11.9 Å². The van der Waals surface area contributed by atoms with Gasteiger partial charge in [-0.25, -0.2) is 4.39 Å². The second-order valence-corrected chi connectivity index (χ2v) is 5.10. The Morgan fingerprint density at radius 3 is 2.57 bits per heavy atom. The number of aliphatic hydroxyl groups is 1. The molecule has 0 spiro atoms. The van der Waals surface area contributed by atoms with Crippen molar-refractivity contribution in [3.8, 4) is 5.75 Å². The first-order valence-electron chi connectivity index (χ1n) is 6.57. The molecule has 0 aliphatic heterocycles. The van der Waals surface area contributed by atoms with Gasteiger partial charge in [-0.3, -0.25) is 0 Å². The molecule has 112 valence electrons. The summed E-state index contributed by atoms with van der Waals surface area (Å²) >= 11 is 5.80. The summed E-state index contributed by atoms with van der Waals surface area (Å²) in [6, 6.07) is 11.8. The molecule has 0 bridgehead atoms. The van der Waals surface area contributed by atoms with E-state index in [-0.39, 0.29) is 5.75 Å². The van der Waals surface area contributed by atoms with Crippen LogP contribution in [0.3, 0.4) is 0 Å². The topological polar surface area (TPSA) is 41.5 Å². The number of nitrogens with one attached hydrogen (secondary N) is 1. The lowest BCUT2D eigenvalue weighted by molar-refractivity contribution is 0.174. The lowest BCUT2D eigenvalue weighted by Gasteiger charge is -2.12. The molecular formula is C16H17ClFNO2. The number of benzene rings is 2. The van der Waals surface area contributed by atoms with Gasteiger partial charge in [0.05, 0.1) is 13.2 Å². The van der Waals surface area contributed by atoms with Crippen molar-refractivity contribution in [2.45, 2.75) is 12.6 Å². The van der Waals surface area contributed by atoms with E-state index in [9.17, 15) is 9.50 Å². The maximum absolute atomic E-state index is 13.5. The van der Waals surface area contributed by atoms with Gasteiger partial charge in [0.25, 0.3) is 0 Å². The second kappa shape index (κ2) is 7.41. The Morgan fingerprint density at radius 1 is 1.24 bits per heavy atom. The smallest absolute Gasteiger partial charge is 0.165 e. The van der Waals surface area contributed by atoms with Crippen molar-refractivity contribution >= 4 is 11.6 Å². The van der Waals surface area contributed by atoms with Gasteiger partial charge in [0.15, 0.2) is 11.6 Å². The van der Waals surface area contributed by atoms with Gasteiger partial charge in [-0.15, -0.1) is 0 Å². The van der Waals surface area contributed by atoms with E-state index in [0.29, 0.717) is 18.1 Å². The zero-order valence-corrected chi connectivity index (χ0v) is 12.4. The molecule has 0 radical (unpaired) electrons. The summed E-state index contributed by atoms with van der Waals surface area (Å²) in [4.78, 5) is 0. The minimum absolute atomic E-state index is 0.222. The molecule has 2 aromatic carbocycles. The molecule has 2 rings (SSSR count). The largest absolute Gasteiger partial charge is 0.494 e. The normalized spacial score (nSPS) is 12.2. The molecule has 1 atom stereocenters. The first kappa shape index (κ1) is 15.8. The number of hydrogen-bond donors (Lipinski definition) is 2. The molecule has 0 saturated carbocycles. The average Bonchev–Trinajstić information content (AvgIpc) is 2.48. The fourth-order valence-electron chi connectivity index (χ4n) is 1.98. The molecular weight excluding hydrogens is 293 g/mol. The van der Waals surface area contributed by atoms with Crippen LogP contribution in [0.25, 0.3) is 0 Å². The summed E-state index contributed by atoms with van der Waals surface area (Å²) in [5.41, 5.74) is 1.57. The van der Waals surface area contributed by atoms with Crippen molar-refractivity contribution < 1.29 is 14.2 Å². The molecule has 0 aliphatic rings. The summed E-state index contributed by atoms with van der Waals surface area (Å²) in [5.74, 6) is -0.171. The van der Waals surface area contributed by atoms with Crippen LogP contribution in [0.15, 0.2) is 42.5 Å². The minimum Gasteiger partial charge on any atom is -0.494 e. The van der Waals surface area contributed by atoms with Gasteiger partial charge in [0, 0.05) is 18.1 Å². The molecule has 3 nitrogen and oxygen atoms in total. The van der Waals surface area contributed by atoms with E-state index in [4.69, 9.17) is 16.3 Å². The van der Waals surface area contributed by atoms with Gasteiger partial charge in [-0.05, 0) is 35.4 Å². The Morgan fingerprint density at radius 2 is 1.95 bits per heavy atom. The second-order valence-electron chi connectivity index (χ2n) is 4.67. The third-order valence-corrected chi connectivity index (χ3v) is 3.39. The van der Waals surface area contributed by atoms with Crippen molar-refractivity contribution in [1.82, 2.24) is 5.32 Å². The van der Waals surface area contributed by atoms with Crippen LogP contribution in [0.2, 0.25) is 5.02 Å². The quantitative estimate of drug-likeness (QED) is 0.860. The number of ether oxygens (including phenoxy) is 1. The summed E-state index contributed by atoms with van der Waals surface area (Å²) < 4.78 is 18.4. The average molecular weight is 310 g/mol. The standard InChI is InChI=1S/C16H17ClFNO2/c1-21-16-7-2-11(8-14(16)18)9-19-10-15(20)12-3-5-13(17)6-4-12/h2-8,15,19-20H,9-10H2,1H3. The Balaban J connectivity index is 1.86. The van der Waals surface area contributed by atoms with E-state index in [1.54, 1.807) is 36.4 Å². The van der Waals surface area contributed by atoms with E-state index in [1.807, 2.05) is 0 Å². The molecule has 5 heteroatoms. The molecule has 21 heavy (non-hydrogen) atoms. The molecule has 0 aliphatic carbocycles. The molecule has 1 unspecified atom stereocenters. The van der Waals surface area contributed by atoms with Crippen LogP contribution in [0, 0.1) is 5.82 Å². The van der Waals surface area contributed by atoms with Crippen molar-refractivity contribution in [3.63, 3.8) is 0 Å². The first-order chi connectivity index (χ1) is 10.1. The van der Waals surface area contributed by atoms with Gasteiger partial charge in [0.1, 0.15) is 0 Å². The number of aliphatic hydroxyl groups excluding tert-OH is 1. The molecule has 0 heterocycles. The van der Waals surface area contributed by atoms with Crippen molar-refractivity contribution in [2.75, 3.05) is 13.7 Å². The van der Waals surface area contributed by atoms with Crippen molar-refractivity contribution in [1.29, 1.82) is 0 Å². The molecule has 0 amide bonds. The summed E-state index contributed by atoms with van der Waals surface area (Å²) in [6.45, 7) is 0.834. The molecule has 0 aromatic heterocycles. The Kier molecular flexibility index (Phi) is 5.56. The lowest BCUT2D eigenvalue weighted by Crippen LogP contribution is -2.21. The number of hydrogen-bond acceptors (Lipinski definition) is 3. The van der Waals surface area contributed by atoms with E-state index in [2.05, 4.69) is 5.32 Å². The van der Waals surface area contributed by atoms with Crippen LogP contribution in [0.5, 0.6) is 5.75 Å². The van der Waals surface area contributed by atoms with Crippen molar-refractivity contribution in [3.05, 3.63) is 64.4 Å². The SMILES string of the molecule is COc1ccc(CNCC(O)c2ccc(Cl)cc2)cc1F. The summed E-state index contributed by atoms with van der Waals surface area (Å²) in [6.07, 6.45) is -0.634. The van der Waals surface area contributed by atoms with E-state index >= 15 is 0 Å². The van der Waals surface area contributed by atoms with Gasteiger partial charge < -0.3 is 15.2 Å². The van der Waals surface area contributed by atoms with Crippen LogP contribution >= 0.6 is 11.6 Å². The first-order valence-corrected chi connectivity index (χ1v) is 6.94. The third kappa shape index (κ3) is 4.43. The van der Waals surface area contributed by atoms with Crippen molar-refractivity contribution in [2.24, 2.45) is 0 Å². The molecule has 2 N–H and O–H groups in total. The Bertz CT molecular complexity index is 589. The van der Waals surface area contributed by atoms with Crippen LogP contribution in [0.4, 0.5) is 4.39 Å². The zero-order chi connectivity index (χ0) is 15.2. The Hall–Kier alpha value is -1.62. The fraction of sp³-hybridized carbons (Fsp3) is 0.250. The maximum atomic E-state index is 13.5. The number of methoxy groups -OCH3 is 1. The minimum atomic E-state index is -0.634. The highest BCUT2D eigenvalue weighted by atomic mass is 35.5. The van der Waals surface area contributed by atoms with Gasteiger partial charge in [0.2, 0.25) is 0 Å². The monoisotopic (exact) mass is 309 g/mol. The van der Waals surface area contributed by atoms with Crippen LogP contribution in [-0.4, -0.2) is 18.8 Å². The van der Waals surface area contributed by atoms with Gasteiger partial charge in [-0.1, -0.05) is 29.8 Å². The van der Waals surface area contributed by atoms with E-state index in [1.165, 1.54) is 13.2 Å². The molecule has 0 saturated heterocycles. The predicted molar refractivity (Wildman–Crippen MR) is 81.1 cm³/mol. The summed E-state index contributed by atoms with van der Waals surface area (Å²) in [7, 11) is 1.43. The zero-order valence-electron chi connectivity index (χ0n) is 11.6. The Labute approximate surface area is 128 Å². The third-order valence-electron chi connectivity index (χ3n) is 3.14. The molecule has 0 fully saturated rings. The number of halogens is 2. The highest BCUT2D eigenvalue weighted by molar-refractivity contribution is 6.30. The van der Waals surface area contributed by atoms with Crippen LogP contribution in [0.1, 0.15) is 17.2 Å². The van der Waals surface area contributed by atoms with Crippen LogP contribution < -0.4 is 10.1 Å². The lowest BCUT2D eigenvalue weighted by atomic mass is 10.1. The summed E-state index contributed by atoms with van der Waals surface area (Å²) in [5, 5.41) is 13.7. The maximum Gasteiger partial charge on any atom is 0.165 e. The van der Waals surface area contributed by atoms with Gasteiger partial charge in [-0.2, -0.15) is 0 Å². The number of rotatable bonds is 6. The highest BCUT2D eigenvalue weighted by Crippen LogP contribution is 2.18. The van der Waals surface area contributed by atoms with Gasteiger partial charge >= 0.3 is 0 Å². The fourth-order valence-corrected chi connectivity index (χ4v) is 2.10. The van der Waals surface area contributed by atoms with Crippen LogP contribution in [-0.2, 0) is 6.54 Å².